The van der Waals surface area contributed by atoms with Crippen LogP contribution in [0, 0.1) is 11.3 Å². The first kappa shape index (κ1) is 26.2. The maximum absolute atomic E-state index is 12.6. The van der Waals surface area contributed by atoms with Crippen LogP contribution in [0.1, 0.15) is 47.0 Å². The standard InChI is InChI=1S/C19H31N2O10P/c1-12-9-29-32(26,30-11-28-18(25)19(2,3)4)31-16(12)17(24)20-8-7-15(23)27-10-13-5-6-14(22)21-13/h12-13,16H,5-11H2,1-4H3,(H,20,24)(H,21,22)/t12?,13-,16+,32+/m0/s1. The highest BCUT2D eigenvalue weighted by atomic mass is 31.2. The maximum atomic E-state index is 12.6. The fraction of sp³-hybridized carbons (Fsp3) is 0.789. The predicted molar refractivity (Wildman–Crippen MR) is 109 cm³/mol. The van der Waals surface area contributed by atoms with Crippen LogP contribution in [0.5, 0.6) is 0 Å². The lowest BCUT2D eigenvalue weighted by Gasteiger charge is -2.32. The van der Waals surface area contributed by atoms with Crippen LogP contribution in [0.25, 0.3) is 0 Å². The fourth-order valence-electron chi connectivity index (χ4n) is 2.76. The molecule has 2 heterocycles. The highest BCUT2D eigenvalue weighted by Gasteiger charge is 2.43. The summed E-state index contributed by atoms with van der Waals surface area (Å²) in [5, 5.41) is 5.22. The van der Waals surface area contributed by atoms with Crippen molar-refractivity contribution in [2.45, 2.75) is 59.1 Å². The van der Waals surface area contributed by atoms with Crippen LogP contribution in [0.3, 0.4) is 0 Å². The first-order valence-electron chi connectivity index (χ1n) is 10.4. The smallest absolute Gasteiger partial charge is 0.463 e. The molecule has 2 amide bonds. The molecule has 2 aliphatic rings. The van der Waals surface area contributed by atoms with E-state index in [1.54, 1.807) is 27.7 Å². The normalized spacial score (nSPS) is 28.0. The Balaban J connectivity index is 1.72. The molecule has 12 nitrogen and oxygen atoms in total. The zero-order valence-electron chi connectivity index (χ0n) is 18.7. The highest BCUT2D eigenvalue weighted by Crippen LogP contribution is 2.54. The molecule has 13 heteroatoms. The van der Waals surface area contributed by atoms with Crippen molar-refractivity contribution >= 4 is 31.6 Å². The Morgan fingerprint density at radius 2 is 1.97 bits per heavy atom. The summed E-state index contributed by atoms with van der Waals surface area (Å²) < 4.78 is 37.9. The molecule has 0 radical (unpaired) electrons. The third kappa shape index (κ3) is 8.16. The molecule has 4 atom stereocenters. The summed E-state index contributed by atoms with van der Waals surface area (Å²) in [4.78, 5) is 47.1. The minimum absolute atomic E-state index is 0.0174. The number of rotatable bonds is 9. The molecule has 2 saturated heterocycles. The van der Waals surface area contributed by atoms with Gasteiger partial charge >= 0.3 is 19.8 Å². The van der Waals surface area contributed by atoms with Gasteiger partial charge < -0.3 is 20.1 Å². The molecule has 0 aliphatic carbocycles. The Morgan fingerprint density at radius 1 is 1.25 bits per heavy atom. The first-order chi connectivity index (χ1) is 14.9. The van der Waals surface area contributed by atoms with E-state index in [4.69, 9.17) is 23.0 Å². The van der Waals surface area contributed by atoms with Crippen molar-refractivity contribution in [1.29, 1.82) is 0 Å². The van der Waals surface area contributed by atoms with E-state index >= 15 is 0 Å². The summed E-state index contributed by atoms with van der Waals surface area (Å²) in [7, 11) is -4.11. The summed E-state index contributed by atoms with van der Waals surface area (Å²) in [5.41, 5.74) is -0.769. The number of ether oxygens (including phenoxy) is 2. The molecule has 2 fully saturated rings. The van der Waals surface area contributed by atoms with Crippen LogP contribution >= 0.6 is 7.82 Å². The van der Waals surface area contributed by atoms with Crippen LogP contribution in [-0.4, -0.2) is 62.5 Å². The molecule has 2 rings (SSSR count). The van der Waals surface area contributed by atoms with Gasteiger partial charge in [0.2, 0.25) is 18.6 Å². The Morgan fingerprint density at radius 3 is 2.59 bits per heavy atom. The van der Waals surface area contributed by atoms with E-state index in [1.165, 1.54) is 0 Å². The lowest BCUT2D eigenvalue weighted by Crippen LogP contribution is -2.44. The van der Waals surface area contributed by atoms with Gasteiger partial charge in [-0.05, 0) is 27.2 Å². The number of hydrogen-bond acceptors (Lipinski definition) is 10. The van der Waals surface area contributed by atoms with Crippen LogP contribution in [-0.2, 0) is 46.8 Å². The second kappa shape index (κ2) is 11.2. The Kier molecular flexibility index (Phi) is 9.20. The summed E-state index contributed by atoms with van der Waals surface area (Å²) >= 11 is 0. The number of carbonyl (C=O) groups is 4. The molecule has 32 heavy (non-hydrogen) atoms. The van der Waals surface area contributed by atoms with Gasteiger partial charge in [-0.3, -0.25) is 28.2 Å². The van der Waals surface area contributed by atoms with E-state index in [9.17, 15) is 23.7 Å². The van der Waals surface area contributed by atoms with Gasteiger partial charge in [0.1, 0.15) is 6.61 Å². The SMILES string of the molecule is CC1CO[P@](=O)(OCOC(=O)C(C)(C)C)O[C@H]1C(=O)NCCC(=O)OC[C@@H]1CCC(=O)N1. The first-order valence-corrected chi connectivity index (χ1v) is 11.8. The van der Waals surface area contributed by atoms with Crippen molar-refractivity contribution in [3.05, 3.63) is 0 Å². The number of phosphoric ester groups is 1. The van der Waals surface area contributed by atoms with Crippen molar-refractivity contribution < 1.29 is 46.8 Å². The van der Waals surface area contributed by atoms with Crippen LogP contribution in [0.2, 0.25) is 0 Å². The summed E-state index contributed by atoms with van der Waals surface area (Å²) in [6.07, 6.45) is -0.202. The molecular weight excluding hydrogens is 447 g/mol. The van der Waals surface area contributed by atoms with Crippen LogP contribution in [0.4, 0.5) is 0 Å². The van der Waals surface area contributed by atoms with Gasteiger partial charge in [0.25, 0.3) is 0 Å². The molecule has 0 aromatic carbocycles. The second-order valence-electron chi connectivity index (χ2n) is 8.70. The molecule has 2 N–H and O–H groups in total. The number of nitrogens with one attached hydrogen (secondary N) is 2. The minimum atomic E-state index is -4.11. The van der Waals surface area contributed by atoms with Crippen molar-refractivity contribution in [3.63, 3.8) is 0 Å². The topological polar surface area (TPSA) is 156 Å². The third-order valence-corrected chi connectivity index (χ3v) is 6.06. The number of hydrogen-bond donors (Lipinski definition) is 2. The second-order valence-corrected chi connectivity index (χ2v) is 10.3. The van der Waals surface area contributed by atoms with Gasteiger partial charge in [0.05, 0.1) is 24.5 Å². The molecular formula is C19H31N2O10P. The van der Waals surface area contributed by atoms with E-state index in [0.717, 1.165) is 0 Å². The summed E-state index contributed by atoms with van der Waals surface area (Å²) in [6.45, 7) is 5.95. The lowest BCUT2D eigenvalue weighted by atomic mass is 9.98. The number of amides is 2. The Bertz CT molecular complexity index is 766. The summed E-state index contributed by atoms with van der Waals surface area (Å²) in [6, 6.07) is -0.186. The zero-order chi connectivity index (χ0) is 23.9. The van der Waals surface area contributed by atoms with Crippen molar-refractivity contribution in [2.24, 2.45) is 11.3 Å². The molecule has 2 aliphatic heterocycles. The van der Waals surface area contributed by atoms with Crippen molar-refractivity contribution in [3.8, 4) is 0 Å². The summed E-state index contributed by atoms with van der Waals surface area (Å²) in [5.74, 6) is -2.19. The van der Waals surface area contributed by atoms with Crippen LogP contribution in [0.15, 0.2) is 0 Å². The molecule has 0 saturated carbocycles. The number of esters is 2. The van der Waals surface area contributed by atoms with E-state index < -0.39 is 49.9 Å². The molecule has 182 valence electrons. The molecule has 1 unspecified atom stereocenters. The Hall–Kier alpha value is -2.01. The maximum Gasteiger partial charge on any atom is 0.478 e. The van der Waals surface area contributed by atoms with Crippen molar-refractivity contribution in [1.82, 2.24) is 10.6 Å². The quantitative estimate of drug-likeness (QED) is 0.279. The molecule has 0 aromatic heterocycles. The van der Waals surface area contributed by atoms with E-state index in [2.05, 4.69) is 10.6 Å². The lowest BCUT2D eigenvalue weighted by molar-refractivity contribution is -0.162. The average Bonchev–Trinajstić information content (AvgIpc) is 3.13. The van der Waals surface area contributed by atoms with Crippen LogP contribution < -0.4 is 10.6 Å². The average molecular weight is 478 g/mol. The largest absolute Gasteiger partial charge is 0.478 e. The number of carbonyl (C=O) groups excluding carboxylic acids is 4. The van der Waals surface area contributed by atoms with E-state index in [1.807, 2.05) is 0 Å². The van der Waals surface area contributed by atoms with Crippen molar-refractivity contribution in [2.75, 3.05) is 26.6 Å². The molecule has 0 bridgehead atoms. The minimum Gasteiger partial charge on any atom is -0.463 e. The van der Waals surface area contributed by atoms with Gasteiger partial charge in [-0.25, -0.2) is 9.09 Å². The third-order valence-electron chi connectivity index (χ3n) is 4.69. The number of phosphoric acid groups is 1. The van der Waals surface area contributed by atoms with Gasteiger partial charge in [-0.1, -0.05) is 6.92 Å². The zero-order valence-corrected chi connectivity index (χ0v) is 19.6. The molecule has 0 aromatic rings. The van der Waals surface area contributed by atoms with Gasteiger partial charge in [-0.15, -0.1) is 0 Å². The van der Waals surface area contributed by atoms with Gasteiger partial charge in [0.15, 0.2) is 6.10 Å². The van der Waals surface area contributed by atoms with E-state index in [-0.39, 0.29) is 38.1 Å². The predicted octanol–water partition coefficient (Wildman–Crippen LogP) is 1.04. The van der Waals surface area contributed by atoms with Gasteiger partial charge in [0, 0.05) is 18.9 Å². The van der Waals surface area contributed by atoms with Gasteiger partial charge in [-0.2, -0.15) is 0 Å². The highest BCUT2D eigenvalue weighted by molar-refractivity contribution is 7.48. The fourth-order valence-corrected chi connectivity index (χ4v) is 4.14. The van der Waals surface area contributed by atoms with E-state index in [0.29, 0.717) is 12.8 Å². The monoisotopic (exact) mass is 478 g/mol. The Labute approximate surface area is 186 Å². The molecule has 0 spiro atoms.